The smallest absolute Gasteiger partial charge is 0.312 e. The fourth-order valence-corrected chi connectivity index (χ4v) is 4.52. The van der Waals surface area contributed by atoms with Crippen molar-refractivity contribution in [3.63, 3.8) is 0 Å². The second-order valence-corrected chi connectivity index (χ2v) is 8.10. The van der Waals surface area contributed by atoms with Crippen molar-refractivity contribution in [2.45, 2.75) is 59.9 Å². The van der Waals surface area contributed by atoms with Crippen molar-refractivity contribution < 1.29 is 9.53 Å². The molecule has 2 fully saturated rings. The third-order valence-corrected chi connectivity index (χ3v) is 5.76. The first-order chi connectivity index (χ1) is 8.63. The minimum atomic E-state index is -0.455. The monoisotopic (exact) mass is 267 g/mol. The van der Waals surface area contributed by atoms with Gasteiger partial charge in [-0.3, -0.25) is 4.79 Å². The van der Waals surface area contributed by atoms with Crippen molar-refractivity contribution in [2.24, 2.45) is 22.2 Å². The van der Waals surface area contributed by atoms with E-state index in [0.717, 1.165) is 5.92 Å². The van der Waals surface area contributed by atoms with Gasteiger partial charge >= 0.3 is 5.97 Å². The van der Waals surface area contributed by atoms with Crippen LogP contribution in [0.15, 0.2) is 0 Å². The van der Waals surface area contributed by atoms with E-state index < -0.39 is 5.41 Å². The van der Waals surface area contributed by atoms with Crippen LogP contribution in [-0.4, -0.2) is 25.7 Å². The number of nitrogens with one attached hydrogen (secondary N) is 1. The highest BCUT2D eigenvalue weighted by Crippen LogP contribution is 2.62. The minimum Gasteiger partial charge on any atom is -0.469 e. The Morgan fingerprint density at radius 2 is 2.00 bits per heavy atom. The van der Waals surface area contributed by atoms with E-state index in [9.17, 15) is 4.79 Å². The van der Waals surface area contributed by atoms with Crippen molar-refractivity contribution in [3.05, 3.63) is 0 Å². The Balaban J connectivity index is 2.05. The molecule has 0 aromatic rings. The number of methoxy groups -OCH3 is 1. The van der Waals surface area contributed by atoms with Crippen LogP contribution in [0, 0.1) is 22.2 Å². The minimum absolute atomic E-state index is 0.133. The zero-order chi connectivity index (χ0) is 14.5. The summed E-state index contributed by atoms with van der Waals surface area (Å²) < 4.78 is 4.89. The number of esters is 1. The Hall–Kier alpha value is -0.570. The molecule has 2 saturated carbocycles. The molecule has 3 heteroatoms. The maximum atomic E-state index is 11.8. The summed E-state index contributed by atoms with van der Waals surface area (Å²) in [5.41, 5.74) is 0.280. The SMILES string of the molecule is COC(=O)C(C)(C)CNC1C2(C)CCC(C2)C1(C)C. The van der Waals surface area contributed by atoms with Gasteiger partial charge in [0.05, 0.1) is 12.5 Å². The van der Waals surface area contributed by atoms with Crippen molar-refractivity contribution in [3.8, 4) is 0 Å². The lowest BCUT2D eigenvalue weighted by molar-refractivity contribution is -0.150. The average molecular weight is 267 g/mol. The quantitative estimate of drug-likeness (QED) is 0.796. The summed E-state index contributed by atoms with van der Waals surface area (Å²) in [6, 6.07) is 0.502. The standard InChI is InChI=1S/C16H29NO2/c1-14(2,13(18)19-6)10-17-12-15(3,4)11-7-8-16(12,5)9-11/h11-12,17H,7-10H2,1-6H3. The molecule has 0 saturated heterocycles. The molecule has 3 unspecified atom stereocenters. The summed E-state index contributed by atoms with van der Waals surface area (Å²) in [6.07, 6.45) is 4.01. The number of carbonyl (C=O) groups is 1. The summed E-state index contributed by atoms with van der Waals surface area (Å²) in [6.45, 7) is 11.8. The number of ether oxygens (including phenoxy) is 1. The predicted octanol–water partition coefficient (Wildman–Crippen LogP) is 2.99. The molecule has 0 aliphatic heterocycles. The van der Waals surface area contributed by atoms with E-state index in [1.165, 1.54) is 26.4 Å². The third kappa shape index (κ3) is 2.31. The summed E-state index contributed by atoms with van der Waals surface area (Å²) in [5, 5.41) is 3.70. The van der Waals surface area contributed by atoms with E-state index in [-0.39, 0.29) is 5.97 Å². The Morgan fingerprint density at radius 1 is 1.37 bits per heavy atom. The average Bonchev–Trinajstić information content (AvgIpc) is 2.78. The van der Waals surface area contributed by atoms with Gasteiger partial charge in [0, 0.05) is 12.6 Å². The lowest BCUT2D eigenvalue weighted by Gasteiger charge is -2.44. The first kappa shape index (κ1) is 14.8. The zero-order valence-electron chi connectivity index (χ0n) is 13.3. The number of rotatable bonds is 4. The second kappa shape index (κ2) is 4.47. The molecule has 19 heavy (non-hydrogen) atoms. The van der Waals surface area contributed by atoms with Crippen LogP contribution in [0.4, 0.5) is 0 Å². The number of carbonyl (C=O) groups excluding carboxylic acids is 1. The van der Waals surface area contributed by atoms with Crippen LogP contribution in [-0.2, 0) is 9.53 Å². The van der Waals surface area contributed by atoms with Crippen molar-refractivity contribution >= 4 is 5.97 Å². The molecule has 3 atom stereocenters. The normalized spacial score (nSPS) is 36.5. The first-order valence-corrected chi connectivity index (χ1v) is 7.45. The molecular weight excluding hydrogens is 238 g/mol. The number of fused-ring (bicyclic) bond motifs is 2. The zero-order valence-corrected chi connectivity index (χ0v) is 13.3. The Bertz CT molecular complexity index is 370. The summed E-state index contributed by atoms with van der Waals surface area (Å²) in [5.74, 6) is 0.697. The van der Waals surface area contributed by atoms with E-state index in [1.54, 1.807) is 0 Å². The number of hydrogen-bond donors (Lipinski definition) is 1. The second-order valence-electron chi connectivity index (χ2n) is 8.10. The van der Waals surface area contributed by atoms with Crippen LogP contribution in [0.5, 0.6) is 0 Å². The molecule has 2 aliphatic rings. The third-order valence-electron chi connectivity index (χ3n) is 5.76. The molecule has 0 spiro atoms. The molecule has 1 N–H and O–H groups in total. The van der Waals surface area contributed by atoms with Gasteiger partial charge in [-0.1, -0.05) is 20.8 Å². The molecule has 0 aromatic carbocycles. The highest BCUT2D eigenvalue weighted by atomic mass is 16.5. The summed E-state index contributed by atoms with van der Waals surface area (Å²) in [7, 11) is 1.47. The molecular formula is C16H29NO2. The first-order valence-electron chi connectivity index (χ1n) is 7.45. The molecule has 110 valence electrons. The topological polar surface area (TPSA) is 38.3 Å². The fourth-order valence-electron chi connectivity index (χ4n) is 4.52. The highest BCUT2D eigenvalue weighted by molar-refractivity contribution is 5.76. The lowest BCUT2D eigenvalue weighted by atomic mass is 9.68. The van der Waals surface area contributed by atoms with Gasteiger partial charge < -0.3 is 10.1 Å². The van der Waals surface area contributed by atoms with Gasteiger partial charge in [-0.15, -0.1) is 0 Å². The van der Waals surface area contributed by atoms with Gasteiger partial charge in [0.25, 0.3) is 0 Å². The van der Waals surface area contributed by atoms with Crippen molar-refractivity contribution in [1.82, 2.24) is 5.32 Å². The van der Waals surface area contributed by atoms with Crippen LogP contribution in [0.2, 0.25) is 0 Å². The van der Waals surface area contributed by atoms with E-state index in [2.05, 4.69) is 26.1 Å². The lowest BCUT2D eigenvalue weighted by Crippen LogP contribution is -2.53. The van der Waals surface area contributed by atoms with Crippen LogP contribution in [0.1, 0.15) is 53.9 Å². The molecule has 0 heterocycles. The van der Waals surface area contributed by atoms with Crippen LogP contribution >= 0.6 is 0 Å². The largest absolute Gasteiger partial charge is 0.469 e. The van der Waals surface area contributed by atoms with E-state index in [0.29, 0.717) is 23.4 Å². The van der Waals surface area contributed by atoms with Crippen molar-refractivity contribution in [2.75, 3.05) is 13.7 Å². The van der Waals surface area contributed by atoms with Crippen LogP contribution < -0.4 is 5.32 Å². The fraction of sp³-hybridized carbons (Fsp3) is 0.938. The Kier molecular flexibility index (Phi) is 3.49. The summed E-state index contributed by atoms with van der Waals surface area (Å²) in [4.78, 5) is 11.8. The molecule has 2 bridgehead atoms. The molecule has 0 radical (unpaired) electrons. The van der Waals surface area contributed by atoms with E-state index in [1.807, 2.05) is 13.8 Å². The Morgan fingerprint density at radius 3 is 2.47 bits per heavy atom. The van der Waals surface area contributed by atoms with Gasteiger partial charge in [-0.2, -0.15) is 0 Å². The van der Waals surface area contributed by atoms with Gasteiger partial charge in [-0.05, 0) is 49.9 Å². The van der Waals surface area contributed by atoms with Gasteiger partial charge in [0.15, 0.2) is 0 Å². The van der Waals surface area contributed by atoms with Gasteiger partial charge in [0.1, 0.15) is 0 Å². The van der Waals surface area contributed by atoms with Gasteiger partial charge in [-0.25, -0.2) is 0 Å². The predicted molar refractivity (Wildman–Crippen MR) is 76.8 cm³/mol. The number of hydrogen-bond acceptors (Lipinski definition) is 3. The Labute approximate surface area is 117 Å². The highest BCUT2D eigenvalue weighted by Gasteiger charge is 2.59. The molecule has 2 rings (SSSR count). The molecule has 2 aliphatic carbocycles. The van der Waals surface area contributed by atoms with Crippen LogP contribution in [0.3, 0.4) is 0 Å². The maximum absolute atomic E-state index is 11.8. The maximum Gasteiger partial charge on any atom is 0.312 e. The summed E-state index contributed by atoms with van der Waals surface area (Å²) >= 11 is 0. The molecule has 3 nitrogen and oxygen atoms in total. The molecule has 0 aromatic heterocycles. The van der Waals surface area contributed by atoms with E-state index in [4.69, 9.17) is 4.74 Å². The van der Waals surface area contributed by atoms with Crippen LogP contribution in [0.25, 0.3) is 0 Å². The van der Waals surface area contributed by atoms with E-state index >= 15 is 0 Å². The molecule has 0 amide bonds. The van der Waals surface area contributed by atoms with Gasteiger partial charge in [0.2, 0.25) is 0 Å². The van der Waals surface area contributed by atoms with Crippen molar-refractivity contribution in [1.29, 1.82) is 0 Å².